The number of hydrogen-bond donors (Lipinski definition) is 2. The second kappa shape index (κ2) is 10.4. The molecule has 0 bridgehead atoms. The van der Waals surface area contributed by atoms with Gasteiger partial charge in [0.05, 0.1) is 12.7 Å². The number of nitrogens with zero attached hydrogens (tertiary/aromatic N) is 3. The molecule has 6 nitrogen and oxygen atoms in total. The van der Waals surface area contributed by atoms with E-state index in [1.165, 1.54) is 12.8 Å². The third-order valence-corrected chi connectivity index (χ3v) is 3.15. The van der Waals surface area contributed by atoms with Crippen LogP contribution in [0.4, 0.5) is 0 Å². The highest BCUT2D eigenvalue weighted by Gasteiger charge is 2.04. The third-order valence-electron chi connectivity index (χ3n) is 3.15. The van der Waals surface area contributed by atoms with Gasteiger partial charge in [0.15, 0.2) is 0 Å². The first-order valence-electron chi connectivity index (χ1n) is 7.62. The molecule has 3 N–H and O–H groups in total. The Morgan fingerprint density at radius 3 is 2.90 bits per heavy atom. The monoisotopic (exact) mass is 281 g/mol. The maximum Gasteiger partial charge on any atom is 0.220 e. The molecule has 1 heterocycles. The van der Waals surface area contributed by atoms with Crippen LogP contribution in [0.3, 0.4) is 0 Å². The number of nitrogens with two attached hydrogens (primary N) is 1. The number of hydrogen-bond acceptors (Lipinski definition) is 4. The Bertz CT molecular complexity index is 377. The van der Waals surface area contributed by atoms with Gasteiger partial charge >= 0.3 is 0 Å². The maximum absolute atomic E-state index is 11.6. The van der Waals surface area contributed by atoms with Crippen LogP contribution in [0, 0.1) is 0 Å². The number of aromatic nitrogens is 3. The van der Waals surface area contributed by atoms with Gasteiger partial charge in [0.1, 0.15) is 5.69 Å². The highest BCUT2D eigenvalue weighted by Crippen LogP contribution is 2.02. The van der Waals surface area contributed by atoms with Crippen molar-refractivity contribution in [2.75, 3.05) is 6.54 Å². The molecule has 0 radical (unpaired) electrons. The second-order valence-electron chi connectivity index (χ2n) is 5.06. The maximum atomic E-state index is 11.6. The SMILES string of the molecule is CCCCCCC(=O)NCc1cn(CCCCN)nn1. The molecule has 0 aliphatic heterocycles. The summed E-state index contributed by atoms with van der Waals surface area (Å²) < 4.78 is 1.80. The highest BCUT2D eigenvalue weighted by molar-refractivity contribution is 5.75. The van der Waals surface area contributed by atoms with E-state index in [0.717, 1.165) is 37.9 Å². The average molecular weight is 281 g/mol. The van der Waals surface area contributed by atoms with E-state index < -0.39 is 0 Å². The number of nitrogens with one attached hydrogen (secondary N) is 1. The lowest BCUT2D eigenvalue weighted by molar-refractivity contribution is -0.121. The van der Waals surface area contributed by atoms with Crippen LogP contribution < -0.4 is 11.1 Å². The van der Waals surface area contributed by atoms with E-state index in [-0.39, 0.29) is 5.91 Å². The summed E-state index contributed by atoms with van der Waals surface area (Å²) in [6.45, 7) is 4.16. The van der Waals surface area contributed by atoms with Crippen LogP contribution in [-0.4, -0.2) is 27.4 Å². The van der Waals surface area contributed by atoms with Crippen molar-refractivity contribution >= 4 is 5.91 Å². The lowest BCUT2D eigenvalue weighted by atomic mass is 10.1. The summed E-state index contributed by atoms with van der Waals surface area (Å²) in [5, 5.41) is 11.0. The number of amides is 1. The van der Waals surface area contributed by atoms with E-state index in [9.17, 15) is 4.79 Å². The molecule has 20 heavy (non-hydrogen) atoms. The summed E-state index contributed by atoms with van der Waals surface area (Å²) in [4.78, 5) is 11.6. The fourth-order valence-electron chi connectivity index (χ4n) is 1.94. The number of carbonyl (C=O) groups excluding carboxylic acids is 1. The molecule has 0 fully saturated rings. The molecule has 0 aliphatic carbocycles. The van der Waals surface area contributed by atoms with Gasteiger partial charge in [-0.25, -0.2) is 0 Å². The molecule has 0 saturated heterocycles. The van der Waals surface area contributed by atoms with Crippen LogP contribution in [0.15, 0.2) is 6.20 Å². The minimum atomic E-state index is 0.0961. The summed E-state index contributed by atoms with van der Waals surface area (Å²) in [6, 6.07) is 0. The van der Waals surface area contributed by atoms with Crippen molar-refractivity contribution in [1.29, 1.82) is 0 Å². The molecule has 0 aromatic carbocycles. The zero-order chi connectivity index (χ0) is 14.6. The standard InChI is InChI=1S/C14H27N5O/c1-2-3-4-5-8-14(20)16-11-13-12-19(18-17-13)10-7-6-9-15/h12H,2-11,15H2,1H3,(H,16,20). The van der Waals surface area contributed by atoms with E-state index in [2.05, 4.69) is 22.6 Å². The summed E-state index contributed by atoms with van der Waals surface area (Å²) in [5.41, 5.74) is 6.25. The van der Waals surface area contributed by atoms with Crippen LogP contribution in [-0.2, 0) is 17.9 Å². The molecule has 0 atom stereocenters. The van der Waals surface area contributed by atoms with E-state index in [4.69, 9.17) is 5.73 Å². The Balaban J connectivity index is 2.16. The van der Waals surface area contributed by atoms with Crippen molar-refractivity contribution < 1.29 is 4.79 Å². The zero-order valence-electron chi connectivity index (χ0n) is 12.5. The van der Waals surface area contributed by atoms with Crippen LogP contribution >= 0.6 is 0 Å². The Morgan fingerprint density at radius 2 is 2.15 bits per heavy atom. The topological polar surface area (TPSA) is 85.8 Å². The van der Waals surface area contributed by atoms with Crippen molar-refractivity contribution in [3.63, 3.8) is 0 Å². The minimum absolute atomic E-state index is 0.0961. The smallest absolute Gasteiger partial charge is 0.220 e. The number of aryl methyl sites for hydroxylation is 1. The molecule has 1 aromatic heterocycles. The molecule has 1 amide bonds. The number of carbonyl (C=O) groups is 1. The van der Waals surface area contributed by atoms with Crippen LogP contribution in [0.2, 0.25) is 0 Å². The van der Waals surface area contributed by atoms with Gasteiger partial charge in [0.2, 0.25) is 5.91 Å². The third kappa shape index (κ3) is 7.23. The van der Waals surface area contributed by atoms with Gasteiger partial charge in [0, 0.05) is 13.0 Å². The molecule has 0 spiro atoms. The van der Waals surface area contributed by atoms with E-state index in [1.54, 1.807) is 4.68 Å². The lowest BCUT2D eigenvalue weighted by Crippen LogP contribution is -2.22. The van der Waals surface area contributed by atoms with Gasteiger partial charge in [-0.1, -0.05) is 31.4 Å². The van der Waals surface area contributed by atoms with Crippen molar-refractivity contribution in [3.05, 3.63) is 11.9 Å². The van der Waals surface area contributed by atoms with Crippen molar-refractivity contribution in [1.82, 2.24) is 20.3 Å². The van der Waals surface area contributed by atoms with Crippen LogP contribution in [0.1, 0.15) is 57.6 Å². The quantitative estimate of drug-likeness (QED) is 0.603. The predicted molar refractivity (Wildman–Crippen MR) is 78.9 cm³/mol. The first kappa shape index (κ1) is 16.6. The first-order valence-corrected chi connectivity index (χ1v) is 7.62. The molecular formula is C14H27N5O. The highest BCUT2D eigenvalue weighted by atomic mass is 16.1. The van der Waals surface area contributed by atoms with Crippen molar-refractivity contribution in [2.24, 2.45) is 5.73 Å². The molecule has 1 rings (SSSR count). The molecule has 0 aliphatic rings. The van der Waals surface area contributed by atoms with Gasteiger partial charge in [-0.2, -0.15) is 0 Å². The van der Waals surface area contributed by atoms with Gasteiger partial charge in [0.25, 0.3) is 0 Å². The van der Waals surface area contributed by atoms with E-state index in [1.807, 2.05) is 6.20 Å². The Kier molecular flexibility index (Phi) is 8.62. The first-order chi connectivity index (χ1) is 9.76. The summed E-state index contributed by atoms with van der Waals surface area (Å²) in [7, 11) is 0. The second-order valence-corrected chi connectivity index (χ2v) is 5.06. The average Bonchev–Trinajstić information content (AvgIpc) is 2.90. The van der Waals surface area contributed by atoms with Crippen LogP contribution in [0.25, 0.3) is 0 Å². The van der Waals surface area contributed by atoms with Crippen molar-refractivity contribution in [2.45, 2.75) is 65.0 Å². The molecule has 0 saturated carbocycles. The number of unbranched alkanes of at least 4 members (excludes halogenated alkanes) is 4. The Labute approximate surface area is 121 Å². The van der Waals surface area contributed by atoms with Gasteiger partial charge < -0.3 is 11.1 Å². The Morgan fingerprint density at radius 1 is 1.30 bits per heavy atom. The fraction of sp³-hybridized carbons (Fsp3) is 0.786. The Hall–Kier alpha value is -1.43. The molecule has 1 aromatic rings. The van der Waals surface area contributed by atoms with E-state index >= 15 is 0 Å². The zero-order valence-corrected chi connectivity index (χ0v) is 12.5. The largest absolute Gasteiger partial charge is 0.350 e. The minimum Gasteiger partial charge on any atom is -0.350 e. The molecular weight excluding hydrogens is 254 g/mol. The van der Waals surface area contributed by atoms with Gasteiger partial charge in [-0.15, -0.1) is 5.10 Å². The molecule has 114 valence electrons. The number of rotatable bonds is 11. The van der Waals surface area contributed by atoms with Crippen molar-refractivity contribution in [3.8, 4) is 0 Å². The predicted octanol–water partition coefficient (Wildman–Crippen LogP) is 1.60. The molecule has 6 heteroatoms. The summed E-state index contributed by atoms with van der Waals surface area (Å²) in [5.74, 6) is 0.0961. The fourth-order valence-corrected chi connectivity index (χ4v) is 1.94. The summed E-state index contributed by atoms with van der Waals surface area (Å²) in [6.07, 6.45) is 8.96. The molecule has 0 unspecified atom stereocenters. The normalized spacial score (nSPS) is 10.7. The van der Waals surface area contributed by atoms with Crippen LogP contribution in [0.5, 0.6) is 0 Å². The van der Waals surface area contributed by atoms with Gasteiger partial charge in [-0.05, 0) is 25.8 Å². The summed E-state index contributed by atoms with van der Waals surface area (Å²) >= 11 is 0. The van der Waals surface area contributed by atoms with Gasteiger partial charge in [-0.3, -0.25) is 9.48 Å². The lowest BCUT2D eigenvalue weighted by Gasteiger charge is -2.02. The van der Waals surface area contributed by atoms with E-state index in [0.29, 0.717) is 19.5 Å².